The number of oxime groups is 1. The fourth-order valence-electron chi connectivity index (χ4n) is 7.63. The van der Waals surface area contributed by atoms with Crippen LogP contribution in [0.5, 0.6) is 0 Å². The molecule has 2 aliphatic carbocycles. The monoisotopic (exact) mass is 403 g/mol. The van der Waals surface area contributed by atoms with Gasteiger partial charge in [0.15, 0.2) is 0 Å². The molecule has 2 heteroatoms. The number of aryl methyl sites for hydroxylation is 1. The molecule has 30 heavy (non-hydrogen) atoms. The minimum atomic E-state index is -0.0796. The molecule has 2 aromatic carbocycles. The van der Waals surface area contributed by atoms with Crippen LogP contribution in [0.2, 0.25) is 0 Å². The summed E-state index contributed by atoms with van der Waals surface area (Å²) in [5.41, 5.74) is 3.71. The zero-order valence-corrected chi connectivity index (χ0v) is 19.3. The highest BCUT2D eigenvalue weighted by Crippen LogP contribution is 2.64. The van der Waals surface area contributed by atoms with E-state index in [0.717, 1.165) is 23.7 Å². The molecule has 160 valence electrons. The van der Waals surface area contributed by atoms with Crippen LogP contribution >= 0.6 is 0 Å². The maximum absolute atomic E-state index is 6.49. The Bertz CT molecular complexity index is 976. The van der Waals surface area contributed by atoms with Crippen LogP contribution in [0.15, 0.2) is 41.6 Å². The Hall–Kier alpha value is -1.83. The molecule has 0 aromatic heterocycles. The van der Waals surface area contributed by atoms with Crippen molar-refractivity contribution in [3.8, 4) is 0 Å². The number of nitrogens with zero attached hydrogens (tertiary/aromatic N) is 1. The smallest absolute Gasteiger partial charge is 0.149 e. The van der Waals surface area contributed by atoms with Crippen molar-refractivity contribution in [2.45, 2.75) is 72.3 Å². The molecule has 1 heterocycles. The lowest BCUT2D eigenvalue weighted by molar-refractivity contribution is -0.109. The van der Waals surface area contributed by atoms with Gasteiger partial charge in [-0.15, -0.1) is 0 Å². The molecule has 2 bridgehead atoms. The van der Waals surface area contributed by atoms with Crippen molar-refractivity contribution in [1.82, 2.24) is 0 Å². The van der Waals surface area contributed by atoms with Crippen molar-refractivity contribution < 1.29 is 4.84 Å². The van der Waals surface area contributed by atoms with Crippen molar-refractivity contribution in [1.29, 1.82) is 0 Å². The Morgan fingerprint density at radius 1 is 1.17 bits per heavy atom. The van der Waals surface area contributed by atoms with Gasteiger partial charge in [0.25, 0.3) is 0 Å². The van der Waals surface area contributed by atoms with Gasteiger partial charge in [-0.1, -0.05) is 88.5 Å². The van der Waals surface area contributed by atoms with Gasteiger partial charge in [0, 0.05) is 17.4 Å². The number of benzene rings is 2. The second kappa shape index (κ2) is 7.39. The van der Waals surface area contributed by atoms with Gasteiger partial charge in [0.2, 0.25) is 0 Å². The molecule has 0 saturated heterocycles. The van der Waals surface area contributed by atoms with E-state index in [1.165, 1.54) is 59.7 Å². The summed E-state index contributed by atoms with van der Waals surface area (Å²) in [4.78, 5) is 6.49. The summed E-state index contributed by atoms with van der Waals surface area (Å²) in [6.07, 6.45) is 6.60. The molecule has 0 amide bonds. The topological polar surface area (TPSA) is 21.6 Å². The Labute approximate surface area is 182 Å². The molecule has 7 unspecified atom stereocenters. The lowest BCUT2D eigenvalue weighted by Crippen LogP contribution is -2.48. The fraction of sp³-hybridized carbons (Fsp3) is 0.607. The third-order valence-corrected chi connectivity index (χ3v) is 9.07. The minimum Gasteiger partial charge on any atom is -0.388 e. The second-order valence-corrected chi connectivity index (χ2v) is 10.6. The summed E-state index contributed by atoms with van der Waals surface area (Å²) < 4.78 is 0. The SMILES string of the molecule is CCCCC(C)C1C2CC(C1C)C1(C2)ON=C(c2c(C)ccc3ccccc23)C1C. The van der Waals surface area contributed by atoms with E-state index in [1.807, 2.05) is 0 Å². The molecule has 1 spiro atoms. The van der Waals surface area contributed by atoms with Gasteiger partial charge in [-0.2, -0.15) is 0 Å². The van der Waals surface area contributed by atoms with Crippen LogP contribution in [0.4, 0.5) is 0 Å². The molecule has 2 fully saturated rings. The van der Waals surface area contributed by atoms with Crippen LogP contribution in [0.3, 0.4) is 0 Å². The highest BCUT2D eigenvalue weighted by molar-refractivity contribution is 6.13. The van der Waals surface area contributed by atoms with Crippen LogP contribution in [-0.4, -0.2) is 11.3 Å². The minimum absolute atomic E-state index is 0.0796. The van der Waals surface area contributed by atoms with E-state index in [1.54, 1.807) is 0 Å². The van der Waals surface area contributed by atoms with Crippen molar-refractivity contribution in [2.24, 2.45) is 40.7 Å². The van der Waals surface area contributed by atoms with Gasteiger partial charge in [-0.25, -0.2) is 0 Å². The fourth-order valence-corrected chi connectivity index (χ4v) is 7.63. The molecule has 5 rings (SSSR count). The molecule has 0 radical (unpaired) electrons. The Morgan fingerprint density at radius 2 is 1.97 bits per heavy atom. The van der Waals surface area contributed by atoms with Crippen molar-refractivity contribution >= 4 is 16.5 Å². The maximum atomic E-state index is 6.49. The summed E-state index contributed by atoms with van der Waals surface area (Å²) in [5.74, 6) is 4.24. The average molecular weight is 404 g/mol. The average Bonchev–Trinajstić information content (AvgIpc) is 3.38. The van der Waals surface area contributed by atoms with Crippen LogP contribution in [0, 0.1) is 42.4 Å². The van der Waals surface area contributed by atoms with E-state index in [0.29, 0.717) is 11.8 Å². The molecular formula is C28H37NO. The molecule has 7 atom stereocenters. The molecular weight excluding hydrogens is 366 g/mol. The summed E-state index contributed by atoms with van der Waals surface area (Å²) >= 11 is 0. The predicted molar refractivity (Wildman–Crippen MR) is 126 cm³/mol. The van der Waals surface area contributed by atoms with Gasteiger partial charge in [-0.3, -0.25) is 0 Å². The molecule has 2 nitrogen and oxygen atoms in total. The lowest BCUT2D eigenvalue weighted by Gasteiger charge is -2.43. The Kier molecular flexibility index (Phi) is 4.95. The normalized spacial score (nSPS) is 35.8. The first-order chi connectivity index (χ1) is 14.5. The van der Waals surface area contributed by atoms with Crippen molar-refractivity contribution in [2.75, 3.05) is 0 Å². The van der Waals surface area contributed by atoms with Crippen LogP contribution in [-0.2, 0) is 4.84 Å². The first-order valence-corrected chi connectivity index (χ1v) is 12.2. The van der Waals surface area contributed by atoms with E-state index in [9.17, 15) is 0 Å². The van der Waals surface area contributed by atoms with E-state index in [4.69, 9.17) is 9.99 Å². The first-order valence-electron chi connectivity index (χ1n) is 12.2. The Balaban J connectivity index is 1.44. The predicted octanol–water partition coefficient (Wildman–Crippen LogP) is 7.38. The molecule has 0 N–H and O–H groups in total. The molecule has 1 aliphatic heterocycles. The number of unbranched alkanes of at least 4 members (excludes halogenated alkanes) is 1. The highest BCUT2D eigenvalue weighted by Gasteiger charge is 2.65. The lowest BCUT2D eigenvalue weighted by atomic mass is 9.63. The zero-order chi connectivity index (χ0) is 21.0. The van der Waals surface area contributed by atoms with E-state index >= 15 is 0 Å². The van der Waals surface area contributed by atoms with Crippen molar-refractivity contribution in [3.05, 3.63) is 47.5 Å². The van der Waals surface area contributed by atoms with E-state index in [2.05, 4.69) is 71.0 Å². The first kappa shape index (κ1) is 20.1. The quantitative estimate of drug-likeness (QED) is 0.510. The van der Waals surface area contributed by atoms with Crippen molar-refractivity contribution in [3.63, 3.8) is 0 Å². The van der Waals surface area contributed by atoms with Gasteiger partial charge < -0.3 is 4.84 Å². The van der Waals surface area contributed by atoms with Crippen LogP contribution in [0.25, 0.3) is 10.8 Å². The number of hydrogen-bond acceptors (Lipinski definition) is 2. The summed E-state index contributed by atoms with van der Waals surface area (Å²) in [5, 5.41) is 7.43. The van der Waals surface area contributed by atoms with E-state index in [-0.39, 0.29) is 5.60 Å². The van der Waals surface area contributed by atoms with Gasteiger partial charge >= 0.3 is 0 Å². The van der Waals surface area contributed by atoms with Gasteiger partial charge in [-0.05, 0) is 59.8 Å². The number of hydrogen-bond donors (Lipinski definition) is 0. The van der Waals surface area contributed by atoms with Gasteiger partial charge in [0.1, 0.15) is 5.60 Å². The second-order valence-electron chi connectivity index (χ2n) is 10.6. The third kappa shape index (κ3) is 2.78. The number of rotatable bonds is 5. The number of fused-ring (bicyclic) bond motifs is 4. The zero-order valence-electron chi connectivity index (χ0n) is 19.3. The van der Waals surface area contributed by atoms with E-state index < -0.39 is 0 Å². The molecule has 2 saturated carbocycles. The highest BCUT2D eigenvalue weighted by atomic mass is 16.7. The maximum Gasteiger partial charge on any atom is 0.149 e. The Morgan fingerprint density at radius 3 is 2.73 bits per heavy atom. The van der Waals surface area contributed by atoms with Gasteiger partial charge in [0.05, 0.1) is 5.71 Å². The summed E-state index contributed by atoms with van der Waals surface area (Å²) in [7, 11) is 0. The summed E-state index contributed by atoms with van der Waals surface area (Å²) in [6, 6.07) is 13.2. The third-order valence-electron chi connectivity index (χ3n) is 9.07. The van der Waals surface area contributed by atoms with Crippen LogP contribution < -0.4 is 0 Å². The van der Waals surface area contributed by atoms with Crippen LogP contribution in [0.1, 0.15) is 70.9 Å². The largest absolute Gasteiger partial charge is 0.388 e. The standard InChI is InChI=1S/C28H37NO/c1-6-7-10-17(2)25-19(4)24-15-22(25)16-28(24)20(5)27(29-30-28)26-18(3)13-14-21-11-8-9-12-23(21)26/h8-9,11-14,17,19-20,22,24-25H,6-7,10,15-16H2,1-5H3. The molecule has 2 aromatic rings. The molecule has 3 aliphatic rings. The summed E-state index contributed by atoms with van der Waals surface area (Å²) in [6.45, 7) is 11.9.